The van der Waals surface area contributed by atoms with E-state index in [1.54, 1.807) is 12.1 Å². The highest BCUT2D eigenvalue weighted by atomic mass is 35.5. The molecule has 3 aromatic rings. The van der Waals surface area contributed by atoms with E-state index in [2.05, 4.69) is 39.5 Å². The molecule has 1 aromatic heterocycles. The quantitative estimate of drug-likeness (QED) is 0.718. The number of nitrogens with one attached hydrogen (secondary N) is 1. The Labute approximate surface area is 157 Å². The Balaban J connectivity index is 1.28. The van der Waals surface area contributed by atoms with Crippen molar-refractivity contribution in [3.63, 3.8) is 0 Å². The average molecular weight is 372 g/mol. The van der Waals surface area contributed by atoms with Crippen molar-refractivity contribution in [2.45, 2.75) is 13.0 Å². The zero-order valence-corrected chi connectivity index (χ0v) is 15.3. The van der Waals surface area contributed by atoms with Gasteiger partial charge in [-0.3, -0.25) is 4.90 Å². The number of halogens is 1. The van der Waals surface area contributed by atoms with Crippen LogP contribution in [0.4, 0.5) is 0 Å². The van der Waals surface area contributed by atoms with Gasteiger partial charge in [0.05, 0.1) is 6.61 Å². The molecule has 1 N–H and O–H groups in total. The Morgan fingerprint density at radius 1 is 1.08 bits per heavy atom. The lowest BCUT2D eigenvalue weighted by Gasteiger charge is -2.27. The Kier molecular flexibility index (Phi) is 5.39. The van der Waals surface area contributed by atoms with E-state index in [4.69, 9.17) is 20.8 Å². The minimum absolute atomic E-state index is 0.289. The van der Waals surface area contributed by atoms with E-state index in [1.165, 1.54) is 11.1 Å². The summed E-state index contributed by atoms with van der Waals surface area (Å²) in [6, 6.07) is 14.1. The summed E-state index contributed by atoms with van der Waals surface area (Å²) in [7, 11) is 0. The zero-order valence-electron chi connectivity index (χ0n) is 14.6. The van der Waals surface area contributed by atoms with E-state index < -0.39 is 0 Å². The number of ether oxygens (including phenoxy) is 1. The van der Waals surface area contributed by atoms with Gasteiger partial charge in [-0.1, -0.05) is 35.9 Å². The third-order valence-corrected chi connectivity index (χ3v) is 4.82. The molecular formula is C20H22ClN3O2. The third kappa shape index (κ3) is 4.36. The van der Waals surface area contributed by atoms with Crippen LogP contribution in [-0.2, 0) is 13.0 Å². The van der Waals surface area contributed by atoms with Crippen molar-refractivity contribution in [2.75, 3.05) is 32.8 Å². The van der Waals surface area contributed by atoms with E-state index in [1.807, 2.05) is 6.07 Å². The van der Waals surface area contributed by atoms with Crippen LogP contribution in [-0.4, -0.2) is 42.7 Å². The van der Waals surface area contributed by atoms with Gasteiger partial charge in [-0.15, -0.1) is 0 Å². The Morgan fingerprint density at radius 2 is 1.85 bits per heavy atom. The fourth-order valence-corrected chi connectivity index (χ4v) is 3.30. The summed E-state index contributed by atoms with van der Waals surface area (Å²) < 4.78 is 11.2. The lowest BCUT2D eigenvalue weighted by molar-refractivity contribution is 0.233. The number of oxazole rings is 1. The summed E-state index contributed by atoms with van der Waals surface area (Å²) in [6.45, 7) is 5.94. The first-order valence-electron chi connectivity index (χ1n) is 8.96. The first-order chi connectivity index (χ1) is 12.8. The predicted molar refractivity (Wildman–Crippen MR) is 103 cm³/mol. The molecule has 26 heavy (non-hydrogen) atoms. The van der Waals surface area contributed by atoms with Gasteiger partial charge in [0.25, 0.3) is 0 Å². The average Bonchev–Trinajstić information content (AvgIpc) is 3.06. The first kappa shape index (κ1) is 17.3. The van der Waals surface area contributed by atoms with Crippen molar-refractivity contribution >= 4 is 22.7 Å². The molecule has 0 saturated carbocycles. The number of rotatable bonds is 6. The molecule has 1 aliphatic heterocycles. The molecule has 2 aromatic carbocycles. The van der Waals surface area contributed by atoms with Crippen molar-refractivity contribution in [1.29, 1.82) is 0 Å². The van der Waals surface area contributed by atoms with Gasteiger partial charge in [-0.2, -0.15) is 4.98 Å². The summed E-state index contributed by atoms with van der Waals surface area (Å²) in [6.07, 6.45) is 1.10. The molecule has 1 saturated heterocycles. The monoisotopic (exact) mass is 371 g/mol. The minimum Gasteiger partial charge on any atom is -0.450 e. The molecule has 0 radical (unpaired) electrons. The highest BCUT2D eigenvalue weighted by Crippen LogP contribution is 2.23. The van der Waals surface area contributed by atoms with Crippen LogP contribution in [0.5, 0.6) is 6.08 Å². The smallest absolute Gasteiger partial charge is 0.394 e. The molecular weight excluding hydrogens is 350 g/mol. The van der Waals surface area contributed by atoms with Crippen molar-refractivity contribution in [3.8, 4) is 6.08 Å². The molecule has 1 fully saturated rings. The van der Waals surface area contributed by atoms with E-state index >= 15 is 0 Å². The van der Waals surface area contributed by atoms with Crippen LogP contribution in [0.1, 0.15) is 11.1 Å². The molecule has 0 aliphatic carbocycles. The molecule has 1 aliphatic rings. The number of fused-ring (bicyclic) bond motifs is 1. The molecule has 4 rings (SSSR count). The van der Waals surface area contributed by atoms with Crippen molar-refractivity contribution < 1.29 is 9.15 Å². The molecule has 2 heterocycles. The van der Waals surface area contributed by atoms with Gasteiger partial charge in [-0.05, 0) is 23.3 Å². The standard InChI is InChI=1S/C20H22ClN3O2/c21-17-5-6-18-19(13-17)26-20(23-18)25-12-7-15-1-3-16(4-2-15)14-24-10-8-22-9-11-24/h1-6,13,22H,7-12,14H2. The number of aromatic nitrogens is 1. The van der Waals surface area contributed by atoms with Gasteiger partial charge in [0.15, 0.2) is 5.58 Å². The van der Waals surface area contributed by atoms with Gasteiger partial charge in [0.1, 0.15) is 5.52 Å². The molecule has 136 valence electrons. The maximum absolute atomic E-state index is 5.95. The molecule has 0 unspecified atom stereocenters. The summed E-state index contributed by atoms with van der Waals surface area (Å²) in [4.78, 5) is 6.79. The van der Waals surface area contributed by atoms with E-state index in [0.717, 1.165) is 44.7 Å². The lowest BCUT2D eigenvalue weighted by atomic mass is 10.1. The normalized spacial score (nSPS) is 15.4. The lowest BCUT2D eigenvalue weighted by Crippen LogP contribution is -2.42. The van der Waals surface area contributed by atoms with Crippen molar-refractivity contribution in [1.82, 2.24) is 15.2 Å². The third-order valence-electron chi connectivity index (χ3n) is 4.59. The van der Waals surface area contributed by atoms with Gasteiger partial charge in [-0.25, -0.2) is 0 Å². The second-order valence-electron chi connectivity index (χ2n) is 6.53. The van der Waals surface area contributed by atoms with Gasteiger partial charge in [0, 0.05) is 50.2 Å². The van der Waals surface area contributed by atoms with E-state index in [9.17, 15) is 0 Å². The summed E-state index contributed by atoms with van der Waals surface area (Å²) >= 11 is 5.95. The molecule has 0 spiro atoms. The zero-order chi connectivity index (χ0) is 17.8. The second-order valence-corrected chi connectivity index (χ2v) is 6.97. The Bertz CT molecular complexity index is 857. The van der Waals surface area contributed by atoms with Gasteiger partial charge >= 0.3 is 6.08 Å². The number of nitrogens with zero attached hydrogens (tertiary/aromatic N) is 2. The van der Waals surface area contributed by atoms with Crippen LogP contribution in [0.25, 0.3) is 11.1 Å². The van der Waals surface area contributed by atoms with E-state index in [0.29, 0.717) is 17.2 Å². The topological polar surface area (TPSA) is 50.5 Å². The van der Waals surface area contributed by atoms with Crippen LogP contribution < -0.4 is 10.1 Å². The molecule has 0 amide bonds. The maximum atomic E-state index is 5.95. The highest BCUT2D eigenvalue weighted by molar-refractivity contribution is 6.31. The summed E-state index contributed by atoms with van der Waals surface area (Å²) in [5, 5.41) is 4.01. The van der Waals surface area contributed by atoms with Crippen LogP contribution in [0, 0.1) is 0 Å². The fourth-order valence-electron chi connectivity index (χ4n) is 3.13. The summed E-state index contributed by atoms with van der Waals surface area (Å²) in [5.74, 6) is 0. The molecule has 6 heteroatoms. The first-order valence-corrected chi connectivity index (χ1v) is 9.34. The minimum atomic E-state index is 0.289. The SMILES string of the molecule is Clc1ccc2nc(OCCc3ccc(CN4CCNCC4)cc3)oc2c1. The summed E-state index contributed by atoms with van der Waals surface area (Å²) in [5.41, 5.74) is 3.99. The number of benzene rings is 2. The largest absolute Gasteiger partial charge is 0.450 e. The fraction of sp³-hybridized carbons (Fsp3) is 0.350. The number of hydrogen-bond acceptors (Lipinski definition) is 5. The van der Waals surface area contributed by atoms with Crippen LogP contribution in [0.2, 0.25) is 5.02 Å². The van der Waals surface area contributed by atoms with Crippen LogP contribution in [0.3, 0.4) is 0 Å². The number of piperazine rings is 1. The van der Waals surface area contributed by atoms with E-state index in [-0.39, 0.29) is 6.08 Å². The van der Waals surface area contributed by atoms with Gasteiger partial charge < -0.3 is 14.5 Å². The molecule has 0 bridgehead atoms. The van der Waals surface area contributed by atoms with Crippen LogP contribution in [0.15, 0.2) is 46.9 Å². The van der Waals surface area contributed by atoms with Crippen molar-refractivity contribution in [2.24, 2.45) is 0 Å². The van der Waals surface area contributed by atoms with Crippen molar-refractivity contribution in [3.05, 3.63) is 58.6 Å². The van der Waals surface area contributed by atoms with Gasteiger partial charge in [0.2, 0.25) is 0 Å². The second kappa shape index (κ2) is 8.08. The number of hydrogen-bond donors (Lipinski definition) is 1. The predicted octanol–water partition coefficient (Wildman–Crippen LogP) is 3.51. The maximum Gasteiger partial charge on any atom is 0.394 e. The van der Waals surface area contributed by atoms with Crippen LogP contribution >= 0.6 is 11.6 Å². The Morgan fingerprint density at radius 3 is 2.65 bits per heavy atom. The highest BCUT2D eigenvalue weighted by Gasteiger charge is 2.10. The molecule has 5 nitrogen and oxygen atoms in total. The Hall–Kier alpha value is -2.08. The molecule has 0 atom stereocenters.